The van der Waals surface area contributed by atoms with Crippen LogP contribution in [0, 0.1) is 17.8 Å². The normalized spacial score (nSPS) is 25.0. The second-order valence-electron chi connectivity index (χ2n) is 6.91. The molecule has 2 rings (SSSR count). The van der Waals surface area contributed by atoms with E-state index in [0.717, 1.165) is 25.4 Å². The maximum Gasteiger partial charge on any atom is 0.226 e. The van der Waals surface area contributed by atoms with Gasteiger partial charge in [0.15, 0.2) is 0 Å². The molecule has 2 aliphatic heterocycles. The van der Waals surface area contributed by atoms with Crippen LogP contribution in [0.4, 0.5) is 0 Å². The Labute approximate surface area is 148 Å². The molecule has 2 heterocycles. The number of nitrogens with two attached hydrogens (primary N) is 1. The van der Waals surface area contributed by atoms with Gasteiger partial charge in [0.1, 0.15) is 0 Å². The predicted octanol–water partition coefficient (Wildman–Crippen LogP) is 2.40. The Hall–Kier alpha value is -0.0300. The molecule has 2 atom stereocenters. The highest BCUT2D eigenvalue weighted by atomic mass is 35.5. The maximum atomic E-state index is 12.2. The van der Waals surface area contributed by atoms with Crippen LogP contribution in [-0.4, -0.2) is 55.0 Å². The molecule has 0 aromatic rings. The molecule has 4 nitrogen and oxygen atoms in total. The minimum absolute atomic E-state index is 0. The first kappa shape index (κ1) is 22.0. The number of carbonyl (C=O) groups is 1. The fourth-order valence-corrected chi connectivity index (χ4v) is 3.44. The molecule has 2 aliphatic rings. The summed E-state index contributed by atoms with van der Waals surface area (Å²) in [4.78, 5) is 16.9. The second-order valence-corrected chi connectivity index (χ2v) is 6.91. The number of rotatable bonds is 4. The Morgan fingerprint density at radius 2 is 1.82 bits per heavy atom. The van der Waals surface area contributed by atoms with Crippen molar-refractivity contribution in [2.45, 2.75) is 39.5 Å². The first-order valence-corrected chi connectivity index (χ1v) is 8.31. The Balaban J connectivity index is 0.00000220. The molecule has 1 amide bonds. The molecule has 0 bridgehead atoms. The van der Waals surface area contributed by atoms with E-state index in [1.54, 1.807) is 0 Å². The van der Waals surface area contributed by atoms with Gasteiger partial charge < -0.3 is 15.5 Å². The van der Waals surface area contributed by atoms with Crippen molar-refractivity contribution in [1.29, 1.82) is 0 Å². The molecule has 0 saturated carbocycles. The molecule has 0 spiro atoms. The van der Waals surface area contributed by atoms with Crippen molar-refractivity contribution in [2.75, 3.05) is 39.3 Å². The van der Waals surface area contributed by atoms with Crippen molar-refractivity contribution in [1.82, 2.24) is 9.80 Å². The van der Waals surface area contributed by atoms with Gasteiger partial charge >= 0.3 is 0 Å². The lowest BCUT2D eigenvalue weighted by Crippen LogP contribution is -2.47. The van der Waals surface area contributed by atoms with E-state index >= 15 is 0 Å². The first-order valence-electron chi connectivity index (χ1n) is 8.31. The van der Waals surface area contributed by atoms with E-state index in [2.05, 4.69) is 16.7 Å². The minimum Gasteiger partial charge on any atom is -0.342 e. The van der Waals surface area contributed by atoms with Crippen LogP contribution in [-0.2, 0) is 4.79 Å². The molecule has 6 heteroatoms. The lowest BCUT2D eigenvalue weighted by molar-refractivity contribution is -0.136. The summed E-state index contributed by atoms with van der Waals surface area (Å²) in [6.45, 7) is 10.3. The van der Waals surface area contributed by atoms with Crippen LogP contribution in [0.15, 0.2) is 0 Å². The van der Waals surface area contributed by atoms with Crippen LogP contribution < -0.4 is 5.73 Å². The van der Waals surface area contributed by atoms with Crippen molar-refractivity contribution in [3.05, 3.63) is 0 Å². The molecular weight excluding hydrogens is 321 g/mol. The molecule has 0 aliphatic carbocycles. The average Bonchev–Trinajstić information content (AvgIpc) is 2.48. The topological polar surface area (TPSA) is 49.6 Å². The number of hydrogen-bond acceptors (Lipinski definition) is 3. The number of likely N-dealkylation sites (tertiary alicyclic amines) is 2. The average molecular weight is 354 g/mol. The van der Waals surface area contributed by atoms with Crippen molar-refractivity contribution in [3.8, 4) is 0 Å². The molecule has 0 aromatic heterocycles. The lowest BCUT2D eigenvalue weighted by atomic mass is 9.93. The molecule has 2 saturated heterocycles. The van der Waals surface area contributed by atoms with Crippen LogP contribution in [0.5, 0.6) is 0 Å². The standard InChI is InChI=1S/C16H31N3O.2ClH/c1-13-5-8-18(9-6-13)11-15-4-3-7-19(12-15)16(20)14(2)10-17;;/h13-15H,3-12,17H2,1-2H3;2*1H. The summed E-state index contributed by atoms with van der Waals surface area (Å²) in [5, 5.41) is 0. The van der Waals surface area contributed by atoms with Gasteiger partial charge in [-0.15, -0.1) is 24.8 Å². The van der Waals surface area contributed by atoms with Crippen LogP contribution >= 0.6 is 24.8 Å². The van der Waals surface area contributed by atoms with E-state index in [1.165, 1.54) is 38.9 Å². The SMILES string of the molecule is CC1CCN(CC2CCCN(C(=O)C(C)CN)C2)CC1.Cl.Cl. The molecule has 0 aromatic carbocycles. The monoisotopic (exact) mass is 353 g/mol. The molecule has 0 radical (unpaired) electrons. The maximum absolute atomic E-state index is 12.2. The van der Waals surface area contributed by atoms with Gasteiger partial charge in [-0.05, 0) is 50.6 Å². The van der Waals surface area contributed by atoms with Gasteiger partial charge in [0.05, 0.1) is 0 Å². The van der Waals surface area contributed by atoms with Crippen molar-refractivity contribution >= 4 is 30.7 Å². The van der Waals surface area contributed by atoms with E-state index in [1.807, 2.05) is 6.92 Å². The van der Waals surface area contributed by atoms with Crippen molar-refractivity contribution in [3.63, 3.8) is 0 Å². The van der Waals surface area contributed by atoms with Gasteiger partial charge in [-0.2, -0.15) is 0 Å². The highest BCUT2D eigenvalue weighted by molar-refractivity contribution is 5.85. The van der Waals surface area contributed by atoms with Crippen LogP contribution in [0.25, 0.3) is 0 Å². The van der Waals surface area contributed by atoms with Crippen molar-refractivity contribution in [2.24, 2.45) is 23.5 Å². The molecular formula is C16H33Cl2N3O. The summed E-state index contributed by atoms with van der Waals surface area (Å²) in [6.07, 6.45) is 5.09. The predicted molar refractivity (Wildman–Crippen MR) is 96.9 cm³/mol. The number of amides is 1. The number of hydrogen-bond donors (Lipinski definition) is 1. The van der Waals surface area contributed by atoms with Gasteiger partial charge in [-0.1, -0.05) is 13.8 Å². The Bertz CT molecular complexity index is 323. The zero-order valence-electron chi connectivity index (χ0n) is 14.0. The number of piperidine rings is 2. The lowest BCUT2D eigenvalue weighted by Gasteiger charge is -2.38. The molecule has 132 valence electrons. The van der Waals surface area contributed by atoms with E-state index < -0.39 is 0 Å². The number of nitrogens with zero attached hydrogens (tertiary/aromatic N) is 2. The number of halogens is 2. The summed E-state index contributed by atoms with van der Waals surface area (Å²) in [6, 6.07) is 0. The summed E-state index contributed by atoms with van der Waals surface area (Å²) in [5.74, 6) is 1.78. The van der Waals surface area contributed by atoms with Crippen LogP contribution in [0.1, 0.15) is 39.5 Å². The van der Waals surface area contributed by atoms with E-state index in [9.17, 15) is 4.79 Å². The summed E-state index contributed by atoms with van der Waals surface area (Å²) in [7, 11) is 0. The largest absolute Gasteiger partial charge is 0.342 e. The van der Waals surface area contributed by atoms with Gasteiger partial charge in [0.2, 0.25) is 5.91 Å². The fraction of sp³-hybridized carbons (Fsp3) is 0.938. The van der Waals surface area contributed by atoms with Crippen molar-refractivity contribution < 1.29 is 4.79 Å². The summed E-state index contributed by atoms with van der Waals surface area (Å²) >= 11 is 0. The smallest absolute Gasteiger partial charge is 0.226 e. The third-order valence-electron chi connectivity index (χ3n) is 5.00. The van der Waals surface area contributed by atoms with E-state index in [0.29, 0.717) is 12.5 Å². The third kappa shape index (κ3) is 6.23. The fourth-order valence-electron chi connectivity index (χ4n) is 3.44. The highest BCUT2D eigenvalue weighted by Crippen LogP contribution is 2.22. The molecule has 22 heavy (non-hydrogen) atoms. The molecule has 2 unspecified atom stereocenters. The van der Waals surface area contributed by atoms with Gasteiger partial charge in [-0.3, -0.25) is 4.79 Å². The highest BCUT2D eigenvalue weighted by Gasteiger charge is 2.28. The van der Waals surface area contributed by atoms with Crippen LogP contribution in [0.2, 0.25) is 0 Å². The van der Waals surface area contributed by atoms with E-state index in [-0.39, 0.29) is 36.6 Å². The zero-order valence-corrected chi connectivity index (χ0v) is 15.6. The summed E-state index contributed by atoms with van der Waals surface area (Å²) in [5.41, 5.74) is 5.62. The van der Waals surface area contributed by atoms with Crippen LogP contribution in [0.3, 0.4) is 0 Å². The third-order valence-corrected chi connectivity index (χ3v) is 5.00. The second kappa shape index (κ2) is 10.7. The minimum atomic E-state index is -0.0235. The number of carbonyl (C=O) groups excluding carboxylic acids is 1. The van der Waals surface area contributed by atoms with Gasteiger partial charge in [0, 0.05) is 32.1 Å². The molecule has 2 fully saturated rings. The Morgan fingerprint density at radius 1 is 1.18 bits per heavy atom. The summed E-state index contributed by atoms with van der Waals surface area (Å²) < 4.78 is 0. The van der Waals surface area contributed by atoms with Gasteiger partial charge in [-0.25, -0.2) is 0 Å². The van der Waals surface area contributed by atoms with Gasteiger partial charge in [0.25, 0.3) is 0 Å². The first-order chi connectivity index (χ1) is 9.60. The zero-order chi connectivity index (χ0) is 14.5. The Kier molecular flexibility index (Phi) is 10.7. The molecule has 2 N–H and O–H groups in total. The quantitative estimate of drug-likeness (QED) is 0.843. The Morgan fingerprint density at radius 3 is 2.41 bits per heavy atom. The van der Waals surface area contributed by atoms with E-state index in [4.69, 9.17) is 5.73 Å².